The van der Waals surface area contributed by atoms with E-state index in [0.29, 0.717) is 12.1 Å². The highest BCUT2D eigenvalue weighted by Gasteiger charge is 2.35. The van der Waals surface area contributed by atoms with Gasteiger partial charge in [-0.2, -0.15) is 0 Å². The summed E-state index contributed by atoms with van der Waals surface area (Å²) in [6, 6.07) is 8.26. The van der Waals surface area contributed by atoms with Crippen molar-refractivity contribution >= 4 is 11.9 Å². The number of amides is 1. The van der Waals surface area contributed by atoms with E-state index in [9.17, 15) is 9.59 Å². The molecule has 122 valence electrons. The van der Waals surface area contributed by atoms with Gasteiger partial charge in [-0.15, -0.1) is 0 Å². The van der Waals surface area contributed by atoms with Gasteiger partial charge in [0.25, 0.3) is 0 Å². The smallest absolute Gasteiger partial charge is 0.337 e. The summed E-state index contributed by atoms with van der Waals surface area (Å²) in [5.41, 5.74) is 0.529. The van der Waals surface area contributed by atoms with Crippen LogP contribution >= 0.6 is 0 Å². The number of aliphatic hydroxyl groups excluding tert-OH is 1. The summed E-state index contributed by atoms with van der Waals surface area (Å²) in [6.45, 7) is 6.86. The van der Waals surface area contributed by atoms with E-state index in [4.69, 9.17) is 10.2 Å². The van der Waals surface area contributed by atoms with Crippen molar-refractivity contribution in [1.82, 2.24) is 10.2 Å². The van der Waals surface area contributed by atoms with Crippen molar-refractivity contribution in [3.63, 3.8) is 0 Å². The summed E-state index contributed by atoms with van der Waals surface area (Å²) in [5.74, 6) is -1.04. The van der Waals surface area contributed by atoms with Crippen molar-refractivity contribution in [3.05, 3.63) is 35.9 Å². The van der Waals surface area contributed by atoms with Crippen LogP contribution in [-0.4, -0.2) is 46.7 Å². The van der Waals surface area contributed by atoms with Crippen LogP contribution in [0.1, 0.15) is 32.4 Å². The highest BCUT2D eigenvalue weighted by molar-refractivity contribution is 5.80. The van der Waals surface area contributed by atoms with E-state index in [2.05, 4.69) is 26.1 Å². The molecule has 1 fully saturated rings. The monoisotopic (exact) mass is 308 g/mol. The molecule has 1 saturated heterocycles. The molecule has 6 nitrogen and oxygen atoms in total. The molecule has 1 aliphatic heterocycles. The lowest BCUT2D eigenvalue weighted by atomic mass is 9.92. The molecule has 0 spiro atoms. The van der Waals surface area contributed by atoms with Gasteiger partial charge in [-0.25, -0.2) is 4.79 Å². The average Bonchev–Trinajstić information content (AvgIpc) is 2.79. The second kappa shape index (κ2) is 7.38. The van der Waals surface area contributed by atoms with Crippen molar-refractivity contribution in [1.29, 1.82) is 0 Å². The number of benzene rings is 1. The minimum Gasteiger partial charge on any atom is -0.479 e. The van der Waals surface area contributed by atoms with E-state index in [1.807, 2.05) is 7.05 Å². The predicted molar refractivity (Wildman–Crippen MR) is 83.1 cm³/mol. The number of aliphatic carboxylic acids is 1. The average molecular weight is 308 g/mol. The second-order valence-corrected chi connectivity index (χ2v) is 6.31. The molecule has 1 aromatic rings. The largest absolute Gasteiger partial charge is 0.479 e. The van der Waals surface area contributed by atoms with Crippen molar-refractivity contribution in [3.8, 4) is 0 Å². The molecular formula is C16H24N2O4. The van der Waals surface area contributed by atoms with E-state index in [1.54, 1.807) is 35.2 Å². The van der Waals surface area contributed by atoms with Gasteiger partial charge in [0.05, 0.1) is 12.7 Å². The summed E-state index contributed by atoms with van der Waals surface area (Å²) < 4.78 is 0. The molecule has 1 aromatic carbocycles. The minimum absolute atomic E-state index is 0.126. The Hall–Kier alpha value is -1.92. The van der Waals surface area contributed by atoms with Crippen LogP contribution in [0.5, 0.6) is 0 Å². The highest BCUT2D eigenvalue weighted by Crippen LogP contribution is 2.23. The predicted octanol–water partition coefficient (Wildman–Crippen LogP) is 1.22. The van der Waals surface area contributed by atoms with Crippen molar-refractivity contribution in [2.45, 2.75) is 33.0 Å². The third-order valence-corrected chi connectivity index (χ3v) is 3.40. The topological polar surface area (TPSA) is 89.9 Å². The molecule has 22 heavy (non-hydrogen) atoms. The van der Waals surface area contributed by atoms with Gasteiger partial charge in [-0.1, -0.05) is 51.1 Å². The fourth-order valence-corrected chi connectivity index (χ4v) is 2.25. The van der Waals surface area contributed by atoms with Crippen LogP contribution in [0.4, 0.5) is 0 Å². The molecule has 6 heteroatoms. The van der Waals surface area contributed by atoms with E-state index in [-0.39, 0.29) is 17.5 Å². The van der Waals surface area contributed by atoms with Crippen LogP contribution in [0.3, 0.4) is 0 Å². The number of hydrogen-bond acceptors (Lipinski definition) is 4. The quantitative estimate of drug-likeness (QED) is 0.764. The number of carbonyl (C=O) groups excluding carboxylic acids is 1. The van der Waals surface area contributed by atoms with Gasteiger partial charge in [-0.3, -0.25) is 10.1 Å². The number of aliphatic hydroxyl groups is 1. The lowest BCUT2D eigenvalue weighted by Gasteiger charge is -2.32. The fraction of sp³-hybridized carbons (Fsp3) is 0.500. The molecule has 2 atom stereocenters. The number of rotatable bonds is 2. The van der Waals surface area contributed by atoms with Gasteiger partial charge >= 0.3 is 5.97 Å². The first kappa shape index (κ1) is 18.1. The Balaban J connectivity index is 0.000000220. The van der Waals surface area contributed by atoms with Gasteiger partial charge < -0.3 is 15.1 Å². The normalized spacial score (nSPS) is 19.4. The molecule has 3 N–H and O–H groups in total. The first-order chi connectivity index (χ1) is 10.1. The van der Waals surface area contributed by atoms with E-state index in [1.165, 1.54) is 0 Å². The highest BCUT2D eigenvalue weighted by atomic mass is 16.4. The van der Waals surface area contributed by atoms with Crippen LogP contribution in [0.2, 0.25) is 0 Å². The Morgan fingerprint density at radius 2 is 1.86 bits per heavy atom. The van der Waals surface area contributed by atoms with Crippen molar-refractivity contribution < 1.29 is 19.8 Å². The first-order valence-corrected chi connectivity index (χ1v) is 7.09. The van der Waals surface area contributed by atoms with E-state index >= 15 is 0 Å². The molecule has 0 saturated carbocycles. The zero-order valence-corrected chi connectivity index (χ0v) is 13.4. The summed E-state index contributed by atoms with van der Waals surface area (Å²) in [6.07, 6.45) is -1.22. The second-order valence-electron chi connectivity index (χ2n) is 6.31. The van der Waals surface area contributed by atoms with Crippen molar-refractivity contribution in [2.24, 2.45) is 5.41 Å². The number of hydrogen-bond donors (Lipinski definition) is 3. The van der Waals surface area contributed by atoms with Crippen LogP contribution < -0.4 is 5.32 Å². The van der Waals surface area contributed by atoms with E-state index < -0.39 is 12.1 Å². The molecule has 0 aromatic heterocycles. The van der Waals surface area contributed by atoms with Crippen LogP contribution in [0.25, 0.3) is 0 Å². The fourth-order valence-electron chi connectivity index (χ4n) is 2.25. The molecule has 0 aliphatic carbocycles. The number of carboxylic acid groups (broad SMARTS) is 1. The van der Waals surface area contributed by atoms with Gasteiger partial charge in [0.2, 0.25) is 5.91 Å². The first-order valence-electron chi connectivity index (χ1n) is 7.09. The van der Waals surface area contributed by atoms with Gasteiger partial charge in [-0.05, 0) is 11.0 Å². The number of nitrogens with one attached hydrogen (secondary N) is 1. The number of carbonyl (C=O) groups is 2. The summed E-state index contributed by atoms with van der Waals surface area (Å²) >= 11 is 0. The molecular weight excluding hydrogens is 284 g/mol. The Labute approximate surface area is 130 Å². The van der Waals surface area contributed by atoms with Gasteiger partial charge in [0, 0.05) is 7.05 Å². The summed E-state index contributed by atoms with van der Waals surface area (Å²) in [4.78, 5) is 23.1. The molecule has 1 aliphatic rings. The Morgan fingerprint density at radius 3 is 2.18 bits per heavy atom. The number of nitrogens with zero attached hydrogens (tertiary/aromatic N) is 1. The molecule has 0 bridgehead atoms. The molecule has 0 radical (unpaired) electrons. The molecule has 1 heterocycles. The van der Waals surface area contributed by atoms with Crippen LogP contribution in [0, 0.1) is 5.41 Å². The number of likely N-dealkylation sites (N-methyl/N-ethyl adjacent to an activating group) is 1. The molecule has 2 rings (SSSR count). The Morgan fingerprint density at radius 1 is 1.32 bits per heavy atom. The molecule has 1 amide bonds. The maximum Gasteiger partial charge on any atom is 0.337 e. The maximum atomic E-state index is 11.1. The number of carboxylic acids is 1. The lowest BCUT2D eigenvalue weighted by Crippen LogP contribution is -2.44. The summed E-state index contributed by atoms with van der Waals surface area (Å²) in [5, 5.41) is 20.6. The lowest BCUT2D eigenvalue weighted by molar-refractivity contribution is -0.147. The standard InChI is InChI=1S/C8H16N2O.C8H8O3/c1-8(2,3)7-9-5-6(11)10(7)4;9-7(8(10)11)6-4-2-1-3-5-6/h7,9H,5H2,1-4H3;1-5,7,9H,(H,10,11)/t2*7-/m10/s1. The SMILES string of the molecule is CN1C(=O)CN[C@H]1C(C)(C)C.O=C(O)[C@@H](O)c1ccccc1. The molecule has 0 unspecified atom stereocenters. The van der Waals surface area contributed by atoms with E-state index in [0.717, 1.165) is 0 Å². The van der Waals surface area contributed by atoms with Crippen molar-refractivity contribution in [2.75, 3.05) is 13.6 Å². The Bertz CT molecular complexity index is 511. The maximum absolute atomic E-state index is 11.1. The van der Waals surface area contributed by atoms with Gasteiger partial charge in [0.15, 0.2) is 6.10 Å². The summed E-state index contributed by atoms with van der Waals surface area (Å²) in [7, 11) is 1.85. The zero-order chi connectivity index (χ0) is 16.9. The zero-order valence-electron chi connectivity index (χ0n) is 13.4. The van der Waals surface area contributed by atoms with Crippen LogP contribution in [-0.2, 0) is 9.59 Å². The Kier molecular flexibility index (Phi) is 6.08. The third-order valence-electron chi connectivity index (χ3n) is 3.40. The van der Waals surface area contributed by atoms with Gasteiger partial charge in [0.1, 0.15) is 0 Å². The third kappa shape index (κ3) is 4.82. The van der Waals surface area contributed by atoms with Crippen LogP contribution in [0.15, 0.2) is 30.3 Å². The minimum atomic E-state index is -1.41.